The third-order valence-electron chi connectivity index (χ3n) is 3.93. The van der Waals surface area contributed by atoms with Crippen LogP contribution >= 0.6 is 0 Å². The lowest BCUT2D eigenvalue weighted by Gasteiger charge is -2.28. The molecule has 1 aliphatic rings. The number of hydrogen-bond donors (Lipinski definition) is 0. The summed E-state index contributed by atoms with van der Waals surface area (Å²) in [6.45, 7) is 5.03. The molecular formula is C17H18N2O. The summed E-state index contributed by atoms with van der Waals surface area (Å²) in [6, 6.07) is 14.3. The number of ether oxygens (including phenoxy) is 1. The fourth-order valence-electron chi connectivity index (χ4n) is 2.46. The fourth-order valence-corrected chi connectivity index (χ4v) is 2.46. The van der Waals surface area contributed by atoms with Gasteiger partial charge in [0.15, 0.2) is 0 Å². The standard InChI is InChI=1S/C17H18N2O/c1-17(2,14-8-10-18-11-9-14)15-12-20-16(19-15)13-6-4-3-5-7-13/h3-11,15H,12H2,1-2H3. The molecule has 0 saturated carbocycles. The normalized spacial score (nSPS) is 18.5. The minimum absolute atomic E-state index is 0.0700. The predicted octanol–water partition coefficient (Wildman–Crippen LogP) is 3.20. The van der Waals surface area contributed by atoms with Gasteiger partial charge in [-0.05, 0) is 29.8 Å². The van der Waals surface area contributed by atoms with E-state index in [4.69, 9.17) is 9.73 Å². The Morgan fingerprint density at radius 2 is 1.75 bits per heavy atom. The van der Waals surface area contributed by atoms with Crippen LogP contribution in [0, 0.1) is 0 Å². The molecule has 1 aromatic heterocycles. The maximum Gasteiger partial charge on any atom is 0.216 e. The first-order valence-corrected chi connectivity index (χ1v) is 6.84. The van der Waals surface area contributed by atoms with Gasteiger partial charge >= 0.3 is 0 Å². The molecule has 3 nitrogen and oxygen atoms in total. The summed E-state index contributed by atoms with van der Waals surface area (Å²) in [5, 5.41) is 0. The first-order chi connectivity index (χ1) is 9.68. The highest BCUT2D eigenvalue weighted by atomic mass is 16.5. The van der Waals surface area contributed by atoms with E-state index in [1.54, 1.807) is 0 Å². The van der Waals surface area contributed by atoms with Crippen LogP contribution in [0.5, 0.6) is 0 Å². The topological polar surface area (TPSA) is 34.5 Å². The van der Waals surface area contributed by atoms with Crippen LogP contribution in [0.3, 0.4) is 0 Å². The molecule has 0 radical (unpaired) electrons. The van der Waals surface area contributed by atoms with Crippen molar-refractivity contribution in [1.29, 1.82) is 0 Å². The molecule has 1 atom stereocenters. The van der Waals surface area contributed by atoms with Crippen LogP contribution in [0.4, 0.5) is 0 Å². The number of rotatable bonds is 3. The Morgan fingerprint density at radius 3 is 2.45 bits per heavy atom. The lowest BCUT2D eigenvalue weighted by Crippen LogP contribution is -2.33. The van der Waals surface area contributed by atoms with Gasteiger partial charge in [0.05, 0.1) is 6.04 Å². The van der Waals surface area contributed by atoms with Crippen LogP contribution in [-0.4, -0.2) is 23.5 Å². The highest BCUT2D eigenvalue weighted by Gasteiger charge is 2.35. The maximum absolute atomic E-state index is 5.79. The van der Waals surface area contributed by atoms with Gasteiger partial charge in [0.25, 0.3) is 0 Å². The van der Waals surface area contributed by atoms with Crippen molar-refractivity contribution in [3.63, 3.8) is 0 Å². The average Bonchev–Trinajstić information content (AvgIpc) is 3.00. The minimum atomic E-state index is -0.0700. The van der Waals surface area contributed by atoms with E-state index >= 15 is 0 Å². The Hall–Kier alpha value is -2.16. The largest absolute Gasteiger partial charge is 0.475 e. The van der Waals surface area contributed by atoms with Gasteiger partial charge in [0, 0.05) is 23.4 Å². The summed E-state index contributed by atoms with van der Waals surface area (Å²) in [5.41, 5.74) is 2.21. The molecule has 0 aliphatic carbocycles. The monoisotopic (exact) mass is 266 g/mol. The van der Waals surface area contributed by atoms with Crippen molar-refractivity contribution in [3.8, 4) is 0 Å². The van der Waals surface area contributed by atoms with Crippen LogP contribution in [0.2, 0.25) is 0 Å². The Bertz CT molecular complexity index is 605. The van der Waals surface area contributed by atoms with Crippen LogP contribution in [0.1, 0.15) is 25.0 Å². The van der Waals surface area contributed by atoms with Gasteiger partial charge in [-0.15, -0.1) is 0 Å². The highest BCUT2D eigenvalue weighted by molar-refractivity contribution is 5.95. The molecular weight excluding hydrogens is 248 g/mol. The SMILES string of the molecule is CC(C)(c1ccncc1)C1COC(c2ccccc2)=N1. The number of pyridine rings is 1. The number of benzene rings is 1. The molecule has 3 rings (SSSR count). The second kappa shape index (κ2) is 5.08. The molecule has 1 unspecified atom stereocenters. The quantitative estimate of drug-likeness (QED) is 0.855. The summed E-state index contributed by atoms with van der Waals surface area (Å²) in [6.07, 6.45) is 3.66. The molecule has 1 aromatic carbocycles. The van der Waals surface area contributed by atoms with Gasteiger partial charge in [-0.1, -0.05) is 32.0 Å². The first kappa shape index (κ1) is 12.9. The molecule has 0 fully saturated rings. The Morgan fingerprint density at radius 1 is 1.05 bits per heavy atom. The van der Waals surface area contributed by atoms with E-state index in [1.807, 2.05) is 42.7 Å². The van der Waals surface area contributed by atoms with Crippen LogP contribution in [-0.2, 0) is 10.2 Å². The molecule has 3 heteroatoms. The first-order valence-electron chi connectivity index (χ1n) is 6.84. The van der Waals surface area contributed by atoms with E-state index in [2.05, 4.69) is 31.0 Å². The zero-order chi connectivity index (χ0) is 14.0. The zero-order valence-electron chi connectivity index (χ0n) is 11.8. The van der Waals surface area contributed by atoms with Gasteiger partial charge in [-0.2, -0.15) is 0 Å². The van der Waals surface area contributed by atoms with Gasteiger partial charge in [-0.25, -0.2) is 4.99 Å². The summed E-state index contributed by atoms with van der Waals surface area (Å²) in [7, 11) is 0. The molecule has 0 amide bonds. The van der Waals surface area contributed by atoms with Gasteiger partial charge in [-0.3, -0.25) is 4.98 Å². The maximum atomic E-state index is 5.79. The van der Waals surface area contributed by atoms with Crippen molar-refractivity contribution in [1.82, 2.24) is 4.98 Å². The number of aromatic nitrogens is 1. The second-order valence-corrected chi connectivity index (χ2v) is 5.58. The van der Waals surface area contributed by atoms with E-state index in [1.165, 1.54) is 5.56 Å². The van der Waals surface area contributed by atoms with E-state index in [0.717, 1.165) is 11.5 Å². The van der Waals surface area contributed by atoms with Crippen molar-refractivity contribution >= 4 is 5.90 Å². The Labute approximate surface area is 119 Å². The summed E-state index contributed by atoms with van der Waals surface area (Å²) in [4.78, 5) is 8.86. The minimum Gasteiger partial charge on any atom is -0.475 e. The Balaban J connectivity index is 1.88. The smallest absolute Gasteiger partial charge is 0.216 e. The number of hydrogen-bond acceptors (Lipinski definition) is 3. The number of nitrogens with zero attached hydrogens (tertiary/aromatic N) is 2. The van der Waals surface area contributed by atoms with E-state index in [9.17, 15) is 0 Å². The molecule has 1 aliphatic heterocycles. The fraction of sp³-hybridized carbons (Fsp3) is 0.294. The molecule has 0 saturated heterocycles. The van der Waals surface area contributed by atoms with Crippen LogP contribution < -0.4 is 0 Å². The molecule has 102 valence electrons. The average molecular weight is 266 g/mol. The molecule has 0 spiro atoms. The van der Waals surface area contributed by atoms with Crippen molar-refractivity contribution in [2.24, 2.45) is 4.99 Å². The van der Waals surface area contributed by atoms with Crippen molar-refractivity contribution in [2.75, 3.05) is 6.61 Å². The van der Waals surface area contributed by atoms with Gasteiger partial charge in [0.1, 0.15) is 6.61 Å². The third-order valence-corrected chi connectivity index (χ3v) is 3.93. The number of aliphatic imine (C=N–C) groups is 1. The molecule has 2 heterocycles. The highest BCUT2D eigenvalue weighted by Crippen LogP contribution is 2.32. The third kappa shape index (κ3) is 2.31. The van der Waals surface area contributed by atoms with Crippen LogP contribution in [0.25, 0.3) is 0 Å². The molecule has 2 aromatic rings. The predicted molar refractivity (Wildman–Crippen MR) is 80.0 cm³/mol. The van der Waals surface area contributed by atoms with Crippen molar-refractivity contribution in [2.45, 2.75) is 25.3 Å². The molecule has 20 heavy (non-hydrogen) atoms. The lowest BCUT2D eigenvalue weighted by molar-refractivity contribution is 0.271. The summed E-state index contributed by atoms with van der Waals surface area (Å²) in [5.74, 6) is 0.748. The summed E-state index contributed by atoms with van der Waals surface area (Å²) >= 11 is 0. The van der Waals surface area contributed by atoms with E-state index in [0.29, 0.717) is 6.61 Å². The van der Waals surface area contributed by atoms with Crippen molar-refractivity contribution in [3.05, 3.63) is 66.0 Å². The lowest BCUT2D eigenvalue weighted by atomic mass is 9.79. The molecule has 0 N–H and O–H groups in total. The zero-order valence-corrected chi connectivity index (χ0v) is 11.8. The van der Waals surface area contributed by atoms with Gasteiger partial charge < -0.3 is 4.74 Å². The van der Waals surface area contributed by atoms with Gasteiger partial charge in [0.2, 0.25) is 5.90 Å². The summed E-state index contributed by atoms with van der Waals surface area (Å²) < 4.78 is 5.79. The van der Waals surface area contributed by atoms with E-state index < -0.39 is 0 Å². The van der Waals surface area contributed by atoms with E-state index in [-0.39, 0.29) is 11.5 Å². The molecule has 0 bridgehead atoms. The second-order valence-electron chi connectivity index (χ2n) is 5.58. The Kier molecular flexibility index (Phi) is 3.26. The van der Waals surface area contributed by atoms with Crippen LogP contribution in [0.15, 0.2) is 59.9 Å². The van der Waals surface area contributed by atoms with Crippen molar-refractivity contribution < 1.29 is 4.74 Å².